The van der Waals surface area contributed by atoms with Gasteiger partial charge >= 0.3 is 0 Å². The van der Waals surface area contributed by atoms with Crippen LogP contribution in [-0.2, 0) is 0 Å². The van der Waals surface area contributed by atoms with Crippen molar-refractivity contribution in [3.05, 3.63) is 0 Å². The fraction of sp³-hybridized carbons (Fsp3) is 1.00. The molecular formula is C17H36N2. The van der Waals surface area contributed by atoms with Crippen LogP contribution >= 0.6 is 0 Å². The summed E-state index contributed by atoms with van der Waals surface area (Å²) < 4.78 is 0. The highest BCUT2D eigenvalue weighted by atomic mass is 15.1. The Bertz CT molecular complexity index is 234. The molecule has 0 spiro atoms. The molecule has 2 heteroatoms. The Balaban J connectivity index is 2.16. The first-order chi connectivity index (χ1) is 8.97. The summed E-state index contributed by atoms with van der Waals surface area (Å²) in [5.74, 6) is 0. The molecular weight excluding hydrogens is 232 g/mol. The summed E-state index contributed by atoms with van der Waals surface area (Å²) in [5, 5.41) is 0. The molecule has 0 bridgehead atoms. The van der Waals surface area contributed by atoms with Crippen LogP contribution in [0.2, 0.25) is 0 Å². The van der Waals surface area contributed by atoms with Crippen LogP contribution in [0.4, 0.5) is 0 Å². The first-order valence-corrected chi connectivity index (χ1v) is 8.39. The fourth-order valence-corrected chi connectivity index (χ4v) is 3.25. The molecule has 1 heterocycles. The molecule has 0 radical (unpaired) electrons. The van der Waals surface area contributed by atoms with Crippen LogP contribution in [0.1, 0.15) is 72.6 Å². The van der Waals surface area contributed by atoms with Crippen molar-refractivity contribution in [3.63, 3.8) is 0 Å². The van der Waals surface area contributed by atoms with Crippen LogP contribution in [-0.4, -0.2) is 31.1 Å². The molecule has 1 rings (SSSR count). The highest BCUT2D eigenvalue weighted by molar-refractivity contribution is 4.84. The topological polar surface area (TPSA) is 29.3 Å². The molecule has 0 atom stereocenters. The lowest BCUT2D eigenvalue weighted by Crippen LogP contribution is -2.40. The van der Waals surface area contributed by atoms with Gasteiger partial charge in [0.05, 0.1) is 0 Å². The normalized spacial score (nSPS) is 20.7. The number of hydrogen-bond acceptors (Lipinski definition) is 2. The number of unbranched alkanes of at least 4 members (excludes halogenated alkanes) is 1. The van der Waals surface area contributed by atoms with Crippen LogP contribution in [0.25, 0.3) is 0 Å². The van der Waals surface area contributed by atoms with Crippen LogP contribution < -0.4 is 5.73 Å². The van der Waals surface area contributed by atoms with Crippen molar-refractivity contribution < 1.29 is 0 Å². The minimum Gasteiger partial charge on any atom is -0.330 e. The largest absolute Gasteiger partial charge is 0.330 e. The molecule has 0 saturated carbocycles. The van der Waals surface area contributed by atoms with E-state index in [1.54, 1.807) is 0 Å². The maximum absolute atomic E-state index is 5.78. The van der Waals surface area contributed by atoms with Gasteiger partial charge in [0.2, 0.25) is 0 Å². The van der Waals surface area contributed by atoms with Crippen molar-refractivity contribution in [1.82, 2.24) is 4.90 Å². The van der Waals surface area contributed by atoms with E-state index in [1.807, 2.05) is 0 Å². The van der Waals surface area contributed by atoms with Gasteiger partial charge in [0.1, 0.15) is 0 Å². The lowest BCUT2D eigenvalue weighted by Gasteiger charge is -2.41. The molecule has 19 heavy (non-hydrogen) atoms. The average Bonchev–Trinajstić information content (AvgIpc) is 2.44. The van der Waals surface area contributed by atoms with Crippen LogP contribution in [0.3, 0.4) is 0 Å². The monoisotopic (exact) mass is 268 g/mol. The van der Waals surface area contributed by atoms with Gasteiger partial charge in [-0.15, -0.1) is 0 Å². The third-order valence-electron chi connectivity index (χ3n) is 5.55. The van der Waals surface area contributed by atoms with Crippen LogP contribution in [0.15, 0.2) is 0 Å². The van der Waals surface area contributed by atoms with E-state index in [1.165, 1.54) is 64.6 Å². The zero-order valence-corrected chi connectivity index (χ0v) is 13.8. The maximum atomic E-state index is 5.78. The Labute approximate surface area is 121 Å². The van der Waals surface area contributed by atoms with E-state index in [9.17, 15) is 0 Å². The van der Waals surface area contributed by atoms with Crippen molar-refractivity contribution in [2.45, 2.75) is 72.6 Å². The summed E-state index contributed by atoms with van der Waals surface area (Å²) in [6.45, 7) is 14.1. The Hall–Kier alpha value is -0.0800. The number of piperidine rings is 1. The molecule has 114 valence electrons. The fourth-order valence-electron chi connectivity index (χ4n) is 3.25. The second-order valence-electron chi connectivity index (χ2n) is 7.37. The second-order valence-corrected chi connectivity index (χ2v) is 7.37. The van der Waals surface area contributed by atoms with Gasteiger partial charge in [-0.25, -0.2) is 0 Å². The second kappa shape index (κ2) is 7.64. The minimum atomic E-state index is 0.335. The molecule has 0 unspecified atom stereocenters. The number of likely N-dealkylation sites (tertiary alicyclic amines) is 1. The van der Waals surface area contributed by atoms with E-state index in [2.05, 4.69) is 32.6 Å². The van der Waals surface area contributed by atoms with E-state index in [4.69, 9.17) is 5.73 Å². The first kappa shape index (κ1) is 17.0. The third kappa shape index (κ3) is 5.43. The molecule has 1 aliphatic heterocycles. The SMILES string of the molecule is CCC1(CC)CCN(CCCCC(C)(C)CN)CC1. The summed E-state index contributed by atoms with van der Waals surface area (Å²) in [4.78, 5) is 2.68. The predicted molar refractivity (Wildman–Crippen MR) is 85.4 cm³/mol. The zero-order valence-electron chi connectivity index (χ0n) is 13.8. The Morgan fingerprint density at radius 2 is 1.63 bits per heavy atom. The Kier molecular flexibility index (Phi) is 6.82. The summed E-state index contributed by atoms with van der Waals surface area (Å²) in [7, 11) is 0. The van der Waals surface area contributed by atoms with Gasteiger partial charge in [-0.3, -0.25) is 0 Å². The first-order valence-electron chi connectivity index (χ1n) is 8.39. The van der Waals surface area contributed by atoms with E-state index < -0.39 is 0 Å². The summed E-state index contributed by atoms with van der Waals surface area (Å²) in [6, 6.07) is 0. The van der Waals surface area contributed by atoms with Crippen molar-refractivity contribution >= 4 is 0 Å². The molecule has 2 nitrogen and oxygen atoms in total. The molecule has 0 aromatic carbocycles. The van der Waals surface area contributed by atoms with Crippen molar-refractivity contribution in [2.75, 3.05) is 26.2 Å². The van der Waals surface area contributed by atoms with Gasteiger partial charge in [-0.2, -0.15) is 0 Å². The molecule has 0 aromatic rings. The third-order valence-corrected chi connectivity index (χ3v) is 5.55. The van der Waals surface area contributed by atoms with Crippen molar-refractivity contribution in [3.8, 4) is 0 Å². The van der Waals surface area contributed by atoms with Gasteiger partial charge in [-0.1, -0.05) is 47.0 Å². The highest BCUT2D eigenvalue weighted by Crippen LogP contribution is 2.37. The van der Waals surface area contributed by atoms with Gasteiger partial charge < -0.3 is 10.6 Å². The Morgan fingerprint density at radius 1 is 1.05 bits per heavy atom. The summed E-state index contributed by atoms with van der Waals surface area (Å²) >= 11 is 0. The Morgan fingerprint density at radius 3 is 2.11 bits per heavy atom. The lowest BCUT2D eigenvalue weighted by molar-refractivity contribution is 0.0936. The van der Waals surface area contributed by atoms with Gasteiger partial charge in [0, 0.05) is 0 Å². The van der Waals surface area contributed by atoms with E-state index in [0.717, 1.165) is 6.54 Å². The molecule has 1 saturated heterocycles. The van der Waals surface area contributed by atoms with Crippen molar-refractivity contribution in [1.29, 1.82) is 0 Å². The van der Waals surface area contributed by atoms with Gasteiger partial charge in [-0.05, 0) is 62.7 Å². The quantitative estimate of drug-likeness (QED) is 0.673. The average molecular weight is 268 g/mol. The molecule has 2 N–H and O–H groups in total. The number of nitrogens with zero attached hydrogens (tertiary/aromatic N) is 1. The molecule has 0 aromatic heterocycles. The maximum Gasteiger partial charge on any atom is -0.00134 e. The van der Waals surface area contributed by atoms with Gasteiger partial charge in [0.15, 0.2) is 0 Å². The highest BCUT2D eigenvalue weighted by Gasteiger charge is 2.30. The summed E-state index contributed by atoms with van der Waals surface area (Å²) in [6.07, 6.45) is 9.49. The lowest BCUT2D eigenvalue weighted by atomic mass is 9.74. The number of nitrogens with two attached hydrogens (primary N) is 1. The smallest absolute Gasteiger partial charge is 0.00134 e. The molecule has 0 amide bonds. The molecule has 0 aliphatic carbocycles. The molecule has 1 fully saturated rings. The van der Waals surface area contributed by atoms with Gasteiger partial charge in [0.25, 0.3) is 0 Å². The van der Waals surface area contributed by atoms with E-state index in [0.29, 0.717) is 10.8 Å². The number of hydrogen-bond donors (Lipinski definition) is 1. The molecule has 1 aliphatic rings. The summed E-state index contributed by atoms with van der Waals surface area (Å²) in [5.41, 5.74) is 6.78. The zero-order chi connectivity index (χ0) is 14.4. The minimum absolute atomic E-state index is 0.335. The number of rotatable bonds is 8. The van der Waals surface area contributed by atoms with Crippen LogP contribution in [0, 0.1) is 10.8 Å². The van der Waals surface area contributed by atoms with Crippen LogP contribution in [0.5, 0.6) is 0 Å². The standard InChI is InChI=1S/C17H36N2/c1-5-17(6-2)10-13-19(14-11-17)12-8-7-9-16(3,4)15-18/h5-15,18H2,1-4H3. The van der Waals surface area contributed by atoms with E-state index in [-0.39, 0.29) is 0 Å². The predicted octanol–water partition coefficient (Wildman–Crippen LogP) is 4.04. The van der Waals surface area contributed by atoms with E-state index >= 15 is 0 Å². The van der Waals surface area contributed by atoms with Crippen molar-refractivity contribution in [2.24, 2.45) is 16.6 Å².